The van der Waals surface area contributed by atoms with Crippen LogP contribution in [0.15, 0.2) is 47.6 Å². The summed E-state index contributed by atoms with van der Waals surface area (Å²) in [5.41, 5.74) is 1.22. The van der Waals surface area contributed by atoms with Crippen molar-refractivity contribution in [2.75, 3.05) is 61.0 Å². The third-order valence-corrected chi connectivity index (χ3v) is 16.9. The van der Waals surface area contributed by atoms with Gasteiger partial charge in [-0.25, -0.2) is 4.79 Å². The first-order valence-corrected chi connectivity index (χ1v) is 29.1. The second kappa shape index (κ2) is 30.8. The molecule has 19 heteroatoms. The Kier molecular flexibility index (Phi) is 26.4. The molecule has 75 heavy (non-hydrogen) atoms. The number of ketones is 3. The molecule has 3 N–H and O–H groups in total. The van der Waals surface area contributed by atoms with Crippen molar-refractivity contribution < 1.29 is 81.3 Å². The number of carbonyl (C=O) groups excluding carboxylic acids is 5. The van der Waals surface area contributed by atoms with Gasteiger partial charge in [-0.3, -0.25) is 23.7 Å². The monoisotopic (exact) mass is 1080 g/mol. The third-order valence-electron chi connectivity index (χ3n) is 15.6. The summed E-state index contributed by atoms with van der Waals surface area (Å²) in [6.07, 6.45) is 10.3. The van der Waals surface area contributed by atoms with Crippen molar-refractivity contribution in [3.63, 3.8) is 0 Å². The Hall–Kier alpha value is -3.26. The second-order valence-electron chi connectivity index (χ2n) is 21.6. The molecule has 18 nitrogen and oxygen atoms in total. The molecule has 16 atom stereocenters. The standard InChI is InChI=1S/C56H90NO17P/c1-35-17-13-12-14-18-36(2)47(67-8)33-43-22-20-41(7)56(65,73-43)53(62)54(63)57-24-16-15-19-44(57)55(64)72-48(34-45(59)37(3)30-40(6)51(61)52(69-10)50(60)39(5)29-35)38(4)31-42-21-23-46(49(32-42)68-9)74-75(11,66)71-28-27-70-26-25-58/h12-14,17-18,30,35,37-39,41-44,46-49,51-52,58,61,65H,15-16,19-29,31-34H2,1-11H3/b14-12+,17-13+,36-18+,40-30+/t35-,37-,38-,39-,41-,42+,43?,44?,46-,47+,48+,49-,51-,52+,56-,75?/m1/s1. The maximum atomic E-state index is 14.6. The number of ether oxygens (including phenoxy) is 6. The quantitative estimate of drug-likeness (QED) is 0.0519. The second-order valence-corrected chi connectivity index (χ2v) is 23.6. The number of carbonyl (C=O) groups is 5. The molecule has 1 saturated carbocycles. The van der Waals surface area contributed by atoms with Gasteiger partial charge in [-0.1, -0.05) is 71.1 Å². The largest absolute Gasteiger partial charge is 0.460 e. The molecule has 1 amide bonds. The number of aliphatic hydroxyl groups is 3. The lowest BCUT2D eigenvalue weighted by atomic mass is 9.78. The minimum absolute atomic E-state index is 0.000234. The van der Waals surface area contributed by atoms with Crippen molar-refractivity contribution in [2.45, 2.75) is 180 Å². The minimum atomic E-state index is -3.51. The fourth-order valence-corrected chi connectivity index (χ4v) is 12.1. The molecule has 3 unspecified atom stereocenters. The number of esters is 1. The number of aliphatic hydroxyl groups excluding tert-OH is 2. The van der Waals surface area contributed by atoms with E-state index < -0.39 is 103 Å². The Morgan fingerprint density at radius 1 is 0.853 bits per heavy atom. The summed E-state index contributed by atoms with van der Waals surface area (Å²) < 4.78 is 59.8. The van der Waals surface area contributed by atoms with Crippen LogP contribution in [0.25, 0.3) is 0 Å². The molecule has 4 aliphatic rings. The molecule has 3 heterocycles. The number of fused-ring (bicyclic) bond motifs is 3. The van der Waals surface area contributed by atoms with Crippen molar-refractivity contribution in [3.8, 4) is 0 Å². The molecule has 0 aromatic heterocycles. The number of methoxy groups -OCH3 is 3. The predicted molar refractivity (Wildman–Crippen MR) is 281 cm³/mol. The zero-order chi connectivity index (χ0) is 55.6. The van der Waals surface area contributed by atoms with Crippen molar-refractivity contribution in [2.24, 2.45) is 35.5 Å². The first-order chi connectivity index (χ1) is 35.5. The Balaban J connectivity index is 1.66. The molecule has 3 fully saturated rings. The number of rotatable bonds is 14. The Morgan fingerprint density at radius 2 is 1.59 bits per heavy atom. The number of allylic oxidation sites excluding steroid dienone is 6. The highest BCUT2D eigenvalue weighted by atomic mass is 31.2. The summed E-state index contributed by atoms with van der Waals surface area (Å²) in [5.74, 6) is -8.47. The van der Waals surface area contributed by atoms with Crippen LogP contribution in [0.3, 0.4) is 0 Å². The summed E-state index contributed by atoms with van der Waals surface area (Å²) in [7, 11) is 0.977. The molecule has 426 valence electrons. The fraction of sp³-hybridized carbons (Fsp3) is 0.768. The van der Waals surface area contributed by atoms with E-state index in [0.717, 1.165) is 5.57 Å². The lowest BCUT2D eigenvalue weighted by Gasteiger charge is -2.42. The van der Waals surface area contributed by atoms with E-state index in [9.17, 15) is 38.8 Å². The summed E-state index contributed by atoms with van der Waals surface area (Å²) in [5, 5.41) is 32.5. The topological polar surface area (TPSA) is 240 Å². The summed E-state index contributed by atoms with van der Waals surface area (Å²) in [4.78, 5) is 72.6. The molecule has 2 bridgehead atoms. The molecule has 0 radical (unpaired) electrons. The number of Topliss-reactive ketones (excluding diaryl/α,β-unsaturated/α-hetero) is 3. The first-order valence-electron chi connectivity index (χ1n) is 27.1. The summed E-state index contributed by atoms with van der Waals surface area (Å²) in [6, 6.07) is -1.19. The van der Waals surface area contributed by atoms with E-state index >= 15 is 0 Å². The minimum Gasteiger partial charge on any atom is -0.460 e. The van der Waals surface area contributed by atoms with E-state index in [2.05, 4.69) is 0 Å². The van der Waals surface area contributed by atoms with Crippen LogP contribution in [0.1, 0.15) is 126 Å². The Labute approximate surface area is 445 Å². The summed E-state index contributed by atoms with van der Waals surface area (Å²) >= 11 is 0. The smallest absolute Gasteiger partial charge is 0.329 e. The Bertz CT molecular complexity index is 2060. The number of nitrogens with zero attached hydrogens (tertiary/aromatic N) is 1. The van der Waals surface area contributed by atoms with Gasteiger partial charge in [0.15, 0.2) is 5.78 Å². The van der Waals surface area contributed by atoms with E-state index in [-0.39, 0.29) is 69.2 Å². The van der Waals surface area contributed by atoms with Gasteiger partial charge in [-0.2, -0.15) is 0 Å². The van der Waals surface area contributed by atoms with Crippen LogP contribution >= 0.6 is 7.60 Å². The normalized spacial score (nSPS) is 37.5. The maximum Gasteiger partial charge on any atom is 0.329 e. The van der Waals surface area contributed by atoms with E-state index in [1.807, 2.05) is 51.2 Å². The van der Waals surface area contributed by atoms with Gasteiger partial charge in [0.2, 0.25) is 5.79 Å². The van der Waals surface area contributed by atoms with Crippen molar-refractivity contribution in [1.82, 2.24) is 4.90 Å². The molecular weight excluding hydrogens is 990 g/mol. The molecule has 4 rings (SSSR count). The van der Waals surface area contributed by atoms with Crippen LogP contribution in [0.5, 0.6) is 0 Å². The third kappa shape index (κ3) is 18.7. The molecule has 3 aliphatic heterocycles. The van der Waals surface area contributed by atoms with Gasteiger partial charge in [0.05, 0.1) is 50.8 Å². The maximum absolute atomic E-state index is 14.6. The molecule has 0 spiro atoms. The van der Waals surface area contributed by atoms with Crippen LogP contribution in [-0.4, -0.2) is 165 Å². The lowest BCUT2D eigenvalue weighted by molar-refractivity contribution is -0.265. The zero-order valence-corrected chi connectivity index (χ0v) is 47.4. The van der Waals surface area contributed by atoms with E-state index in [0.29, 0.717) is 69.8 Å². The lowest BCUT2D eigenvalue weighted by Crippen LogP contribution is -2.61. The predicted octanol–water partition coefficient (Wildman–Crippen LogP) is 7.05. The van der Waals surface area contributed by atoms with E-state index in [4.69, 9.17) is 42.6 Å². The van der Waals surface area contributed by atoms with Crippen molar-refractivity contribution in [1.29, 1.82) is 0 Å². The number of cyclic esters (lactones) is 1. The van der Waals surface area contributed by atoms with Crippen molar-refractivity contribution in [3.05, 3.63) is 47.6 Å². The van der Waals surface area contributed by atoms with Gasteiger partial charge >= 0.3 is 13.6 Å². The van der Waals surface area contributed by atoms with Gasteiger partial charge in [-0.15, -0.1) is 0 Å². The van der Waals surface area contributed by atoms with Crippen LogP contribution in [0, 0.1) is 35.5 Å². The molecule has 2 saturated heterocycles. The highest BCUT2D eigenvalue weighted by Crippen LogP contribution is 2.48. The van der Waals surface area contributed by atoms with Crippen molar-refractivity contribution >= 4 is 36.8 Å². The average Bonchev–Trinajstić information content (AvgIpc) is 3.37. The Morgan fingerprint density at radius 3 is 2.27 bits per heavy atom. The molecule has 0 aromatic rings. The van der Waals surface area contributed by atoms with Gasteiger partial charge in [0, 0.05) is 65.1 Å². The van der Waals surface area contributed by atoms with Gasteiger partial charge in [-0.05, 0) is 107 Å². The van der Waals surface area contributed by atoms with Crippen LogP contribution < -0.4 is 0 Å². The average molecular weight is 1080 g/mol. The SMILES string of the molecule is CO[C@H]1CC2CC[C@@H](C)[C@@](O)(O2)C(=O)C(=O)N2CCCCC2C(=O)O[C@H]([C@H](C)C[C@@H]2CC[C@@H](OP(C)(=O)OCCOCCO)[C@H](OC)C2)CC(=O)[C@H](C)/C=C(\C)[C@@H](O)[C@@H](OC)C(=O)[C@H](C)C[C@H](C)/C=C/C=C/C=C/1C. The summed E-state index contributed by atoms with van der Waals surface area (Å²) in [6.45, 7) is 14.1. The fourth-order valence-electron chi connectivity index (χ4n) is 10.9. The molecule has 0 aromatic carbocycles. The van der Waals surface area contributed by atoms with E-state index in [1.165, 1.54) is 18.7 Å². The number of amides is 1. The zero-order valence-electron chi connectivity index (χ0n) is 46.5. The molecular formula is C56H90NO17P. The molecule has 1 aliphatic carbocycles. The van der Waals surface area contributed by atoms with Gasteiger partial charge < -0.3 is 57.7 Å². The van der Waals surface area contributed by atoms with Crippen LogP contribution in [0.2, 0.25) is 0 Å². The van der Waals surface area contributed by atoms with Crippen LogP contribution in [0.4, 0.5) is 0 Å². The van der Waals surface area contributed by atoms with Gasteiger partial charge in [0.25, 0.3) is 11.7 Å². The van der Waals surface area contributed by atoms with E-state index in [1.54, 1.807) is 48.0 Å². The first kappa shape index (κ1) is 64.3. The highest BCUT2D eigenvalue weighted by Gasteiger charge is 2.53. The number of piperidine rings is 1. The van der Waals surface area contributed by atoms with Crippen LogP contribution in [-0.2, 0) is 66.0 Å². The highest BCUT2D eigenvalue weighted by molar-refractivity contribution is 7.53. The van der Waals surface area contributed by atoms with Gasteiger partial charge in [0.1, 0.15) is 30.1 Å². The number of hydrogen-bond acceptors (Lipinski definition) is 17. The number of hydrogen-bond donors (Lipinski definition) is 3.